The zero-order chi connectivity index (χ0) is 17.9. The second kappa shape index (κ2) is 7.17. The van der Waals surface area contributed by atoms with E-state index in [2.05, 4.69) is 4.90 Å². The van der Waals surface area contributed by atoms with Crippen LogP contribution in [0.5, 0.6) is 5.75 Å². The number of nitrogens with two attached hydrogens (primary N) is 2. The SMILES string of the molecule is COc1cc(CN2CCN(C(=O)OC(C)(C)C)CC2)cc(N)c1N. The van der Waals surface area contributed by atoms with Crippen molar-refractivity contribution in [1.82, 2.24) is 9.80 Å². The number of carbonyl (C=O) groups is 1. The van der Waals surface area contributed by atoms with Gasteiger partial charge in [0.25, 0.3) is 0 Å². The van der Waals surface area contributed by atoms with Gasteiger partial charge in [-0.3, -0.25) is 4.90 Å². The molecule has 0 saturated carbocycles. The van der Waals surface area contributed by atoms with E-state index in [1.807, 2.05) is 32.9 Å². The second-order valence-corrected chi connectivity index (χ2v) is 7.04. The van der Waals surface area contributed by atoms with Crippen molar-refractivity contribution in [2.75, 3.05) is 44.8 Å². The molecule has 134 valence electrons. The van der Waals surface area contributed by atoms with Gasteiger partial charge in [0, 0.05) is 32.7 Å². The summed E-state index contributed by atoms with van der Waals surface area (Å²) in [5, 5.41) is 0. The number of ether oxygens (including phenoxy) is 2. The van der Waals surface area contributed by atoms with Crippen LogP contribution in [-0.4, -0.2) is 54.8 Å². The molecule has 0 aliphatic carbocycles. The fraction of sp³-hybridized carbons (Fsp3) is 0.588. The second-order valence-electron chi connectivity index (χ2n) is 7.04. The van der Waals surface area contributed by atoms with Gasteiger partial charge in [-0.1, -0.05) is 0 Å². The van der Waals surface area contributed by atoms with E-state index in [4.69, 9.17) is 20.9 Å². The number of methoxy groups -OCH3 is 1. The Hall–Kier alpha value is -2.15. The maximum atomic E-state index is 12.1. The highest BCUT2D eigenvalue weighted by Gasteiger charge is 2.25. The van der Waals surface area contributed by atoms with Crippen LogP contribution in [0.4, 0.5) is 16.2 Å². The van der Waals surface area contributed by atoms with Crippen molar-refractivity contribution in [2.45, 2.75) is 32.9 Å². The van der Waals surface area contributed by atoms with Crippen LogP contribution in [0.1, 0.15) is 26.3 Å². The van der Waals surface area contributed by atoms with Gasteiger partial charge >= 0.3 is 6.09 Å². The van der Waals surface area contributed by atoms with Crippen molar-refractivity contribution in [2.24, 2.45) is 0 Å². The maximum Gasteiger partial charge on any atom is 0.410 e. The van der Waals surface area contributed by atoms with E-state index in [9.17, 15) is 4.79 Å². The fourth-order valence-electron chi connectivity index (χ4n) is 2.64. The maximum absolute atomic E-state index is 12.1. The summed E-state index contributed by atoms with van der Waals surface area (Å²) in [7, 11) is 1.58. The summed E-state index contributed by atoms with van der Waals surface area (Å²) in [6, 6.07) is 3.78. The zero-order valence-corrected chi connectivity index (χ0v) is 15.0. The standard InChI is InChI=1S/C17H28N4O3/c1-17(2,3)24-16(22)21-7-5-20(6-8-21)11-12-9-13(18)15(19)14(10-12)23-4/h9-10H,5-8,11,18-19H2,1-4H3. The predicted octanol–water partition coefficient (Wildman–Crippen LogP) is 1.91. The molecule has 2 rings (SSSR count). The van der Waals surface area contributed by atoms with Crippen molar-refractivity contribution >= 4 is 17.5 Å². The van der Waals surface area contributed by atoms with Crippen molar-refractivity contribution in [1.29, 1.82) is 0 Å². The summed E-state index contributed by atoms with van der Waals surface area (Å²) in [6.45, 7) is 9.23. The van der Waals surface area contributed by atoms with Crippen molar-refractivity contribution in [3.63, 3.8) is 0 Å². The largest absolute Gasteiger partial charge is 0.495 e. The summed E-state index contributed by atoms with van der Waals surface area (Å²) in [5.74, 6) is 0.595. The average Bonchev–Trinajstić information content (AvgIpc) is 2.49. The molecule has 1 fully saturated rings. The molecule has 0 spiro atoms. The van der Waals surface area contributed by atoms with E-state index in [-0.39, 0.29) is 6.09 Å². The van der Waals surface area contributed by atoms with Crippen LogP contribution in [0.25, 0.3) is 0 Å². The molecule has 1 aliphatic rings. The molecule has 4 N–H and O–H groups in total. The van der Waals surface area contributed by atoms with Gasteiger partial charge in [-0.2, -0.15) is 0 Å². The number of anilines is 2. The molecular formula is C17H28N4O3. The number of amides is 1. The number of carbonyl (C=O) groups excluding carboxylic acids is 1. The Labute approximate surface area is 143 Å². The van der Waals surface area contributed by atoms with Crippen LogP contribution in [-0.2, 0) is 11.3 Å². The van der Waals surface area contributed by atoms with Gasteiger partial charge in [0.05, 0.1) is 18.5 Å². The zero-order valence-electron chi connectivity index (χ0n) is 15.0. The molecule has 0 bridgehead atoms. The summed E-state index contributed by atoms with van der Waals surface area (Å²) < 4.78 is 10.7. The van der Waals surface area contributed by atoms with Gasteiger partial charge in [-0.25, -0.2) is 4.79 Å². The van der Waals surface area contributed by atoms with E-state index in [0.29, 0.717) is 30.2 Å². The van der Waals surface area contributed by atoms with E-state index in [1.165, 1.54) is 0 Å². The molecule has 0 atom stereocenters. The van der Waals surface area contributed by atoms with Gasteiger partial charge in [-0.15, -0.1) is 0 Å². The van der Waals surface area contributed by atoms with E-state index in [0.717, 1.165) is 25.2 Å². The van der Waals surface area contributed by atoms with Crippen molar-refractivity contribution in [3.8, 4) is 5.75 Å². The quantitative estimate of drug-likeness (QED) is 0.819. The molecule has 0 aromatic heterocycles. The van der Waals surface area contributed by atoms with Crippen LogP contribution in [0.2, 0.25) is 0 Å². The Morgan fingerprint density at radius 1 is 1.17 bits per heavy atom. The monoisotopic (exact) mass is 336 g/mol. The number of nitrogens with zero attached hydrogens (tertiary/aromatic N) is 2. The Balaban J connectivity index is 1.92. The molecule has 0 unspecified atom stereocenters. The summed E-state index contributed by atoms with van der Waals surface area (Å²) in [5.41, 5.74) is 13.4. The number of rotatable bonds is 3. The third kappa shape index (κ3) is 4.67. The summed E-state index contributed by atoms with van der Waals surface area (Å²) in [6.07, 6.45) is -0.249. The van der Waals surface area contributed by atoms with Crippen molar-refractivity contribution in [3.05, 3.63) is 17.7 Å². The van der Waals surface area contributed by atoms with Crippen LogP contribution >= 0.6 is 0 Å². The first-order valence-corrected chi connectivity index (χ1v) is 8.12. The van der Waals surface area contributed by atoms with E-state index < -0.39 is 5.60 Å². The lowest BCUT2D eigenvalue weighted by Crippen LogP contribution is -2.49. The first-order chi connectivity index (χ1) is 11.2. The first kappa shape index (κ1) is 18.2. The minimum absolute atomic E-state index is 0.249. The molecule has 1 aliphatic heterocycles. The molecule has 7 heteroatoms. The highest BCUT2D eigenvalue weighted by atomic mass is 16.6. The minimum Gasteiger partial charge on any atom is -0.495 e. The Morgan fingerprint density at radius 2 is 1.79 bits per heavy atom. The lowest BCUT2D eigenvalue weighted by molar-refractivity contribution is 0.0139. The fourth-order valence-corrected chi connectivity index (χ4v) is 2.64. The van der Waals surface area contributed by atoms with Crippen LogP contribution < -0.4 is 16.2 Å². The summed E-state index contributed by atoms with van der Waals surface area (Å²) >= 11 is 0. The lowest BCUT2D eigenvalue weighted by atomic mass is 10.1. The van der Waals surface area contributed by atoms with Gasteiger partial charge in [0.2, 0.25) is 0 Å². The molecule has 1 amide bonds. The molecule has 24 heavy (non-hydrogen) atoms. The smallest absolute Gasteiger partial charge is 0.410 e. The Bertz CT molecular complexity index is 590. The van der Waals surface area contributed by atoms with Crippen LogP contribution in [0.15, 0.2) is 12.1 Å². The topological polar surface area (TPSA) is 94.0 Å². The molecule has 7 nitrogen and oxygen atoms in total. The van der Waals surface area contributed by atoms with Gasteiger partial charge < -0.3 is 25.8 Å². The molecule has 1 aromatic carbocycles. The normalized spacial score (nSPS) is 16.1. The van der Waals surface area contributed by atoms with Crippen LogP contribution in [0.3, 0.4) is 0 Å². The predicted molar refractivity (Wildman–Crippen MR) is 94.9 cm³/mol. The average molecular weight is 336 g/mol. The number of hydrogen-bond donors (Lipinski definition) is 2. The molecule has 1 saturated heterocycles. The molecule has 0 radical (unpaired) electrons. The Kier molecular flexibility index (Phi) is 5.43. The van der Waals surface area contributed by atoms with Crippen molar-refractivity contribution < 1.29 is 14.3 Å². The highest BCUT2D eigenvalue weighted by Crippen LogP contribution is 2.29. The number of piperazine rings is 1. The van der Waals surface area contributed by atoms with Gasteiger partial charge in [0.15, 0.2) is 0 Å². The molecule has 1 heterocycles. The third-order valence-corrected chi connectivity index (χ3v) is 3.88. The number of nitrogen functional groups attached to an aromatic ring is 2. The first-order valence-electron chi connectivity index (χ1n) is 8.12. The lowest BCUT2D eigenvalue weighted by Gasteiger charge is -2.35. The number of benzene rings is 1. The third-order valence-electron chi connectivity index (χ3n) is 3.88. The van der Waals surface area contributed by atoms with Gasteiger partial charge in [-0.05, 0) is 38.5 Å². The van der Waals surface area contributed by atoms with Gasteiger partial charge in [0.1, 0.15) is 11.4 Å². The molecule has 1 aromatic rings. The Morgan fingerprint density at radius 3 is 2.33 bits per heavy atom. The highest BCUT2D eigenvalue weighted by molar-refractivity contribution is 5.72. The molecular weight excluding hydrogens is 308 g/mol. The van der Waals surface area contributed by atoms with E-state index in [1.54, 1.807) is 12.0 Å². The number of hydrogen-bond acceptors (Lipinski definition) is 6. The summed E-state index contributed by atoms with van der Waals surface area (Å²) in [4.78, 5) is 16.1. The van der Waals surface area contributed by atoms with E-state index >= 15 is 0 Å². The minimum atomic E-state index is -0.466. The van der Waals surface area contributed by atoms with Crippen LogP contribution in [0, 0.1) is 0 Å².